The van der Waals surface area contributed by atoms with Crippen molar-refractivity contribution in [2.45, 2.75) is 0 Å². The summed E-state index contributed by atoms with van der Waals surface area (Å²) < 4.78 is 4.75. The van der Waals surface area contributed by atoms with Gasteiger partial charge in [-0.1, -0.05) is 18.2 Å². The van der Waals surface area contributed by atoms with Gasteiger partial charge in [0.1, 0.15) is 6.61 Å². The third-order valence-corrected chi connectivity index (χ3v) is 3.20. The lowest BCUT2D eigenvalue weighted by Crippen LogP contribution is -2.50. The third kappa shape index (κ3) is 3.96. The number of ether oxygens (including phenoxy) is 1. The van der Waals surface area contributed by atoms with Gasteiger partial charge in [0.05, 0.1) is 12.6 Å². The van der Waals surface area contributed by atoms with Crippen LogP contribution >= 0.6 is 0 Å². The summed E-state index contributed by atoms with van der Waals surface area (Å²) in [5.74, 6) is -1.49. The second-order valence-electron chi connectivity index (χ2n) is 4.57. The lowest BCUT2D eigenvalue weighted by atomic mass is 10.2. The van der Waals surface area contributed by atoms with E-state index in [1.807, 2.05) is 30.3 Å². The number of aliphatic carboxylic acids is 1. The Kier molecular flexibility index (Phi) is 4.95. The van der Waals surface area contributed by atoms with Crippen molar-refractivity contribution < 1.29 is 19.4 Å². The first kappa shape index (κ1) is 14.3. The number of rotatable bonds is 5. The van der Waals surface area contributed by atoms with Gasteiger partial charge in [-0.25, -0.2) is 0 Å². The van der Waals surface area contributed by atoms with E-state index in [-0.39, 0.29) is 12.5 Å². The zero-order valence-corrected chi connectivity index (χ0v) is 11.2. The van der Waals surface area contributed by atoms with E-state index in [0.29, 0.717) is 13.1 Å². The van der Waals surface area contributed by atoms with Gasteiger partial charge in [-0.15, -0.1) is 0 Å². The standard InChI is InChI=1S/C14H18N2O4/c17-13(10-20-11-14(18)19)16-8-6-15(7-9-16)12-4-2-1-3-5-12/h1-5H,6-11H2,(H,18,19)/p-1. The summed E-state index contributed by atoms with van der Waals surface area (Å²) in [5, 5.41) is 10.2. The number of carboxylic acid groups (broad SMARTS) is 1. The van der Waals surface area contributed by atoms with Crippen LogP contribution in [0, 0.1) is 0 Å². The molecule has 0 N–H and O–H groups in total. The normalized spacial score (nSPS) is 15.2. The van der Waals surface area contributed by atoms with Crippen LogP contribution in [0.5, 0.6) is 0 Å². The van der Waals surface area contributed by atoms with E-state index < -0.39 is 12.6 Å². The summed E-state index contributed by atoms with van der Waals surface area (Å²) in [7, 11) is 0. The smallest absolute Gasteiger partial charge is 0.248 e. The van der Waals surface area contributed by atoms with E-state index in [9.17, 15) is 14.7 Å². The predicted molar refractivity (Wildman–Crippen MR) is 71.1 cm³/mol. The fourth-order valence-corrected chi connectivity index (χ4v) is 2.17. The molecular formula is C14H17N2O4-. The number of benzene rings is 1. The van der Waals surface area contributed by atoms with Gasteiger partial charge in [-0.2, -0.15) is 0 Å². The van der Waals surface area contributed by atoms with Gasteiger partial charge in [-0.3, -0.25) is 4.79 Å². The van der Waals surface area contributed by atoms with E-state index in [0.717, 1.165) is 18.8 Å². The van der Waals surface area contributed by atoms with Crippen molar-refractivity contribution in [2.75, 3.05) is 44.3 Å². The number of carbonyl (C=O) groups is 2. The van der Waals surface area contributed by atoms with Crippen molar-refractivity contribution >= 4 is 17.6 Å². The third-order valence-electron chi connectivity index (χ3n) is 3.20. The van der Waals surface area contributed by atoms with E-state index in [2.05, 4.69) is 4.90 Å². The Morgan fingerprint density at radius 3 is 2.30 bits per heavy atom. The molecule has 0 atom stereocenters. The SMILES string of the molecule is O=C([O-])COCC(=O)N1CCN(c2ccccc2)CC1. The quantitative estimate of drug-likeness (QED) is 0.697. The van der Waals surface area contributed by atoms with Crippen LogP contribution < -0.4 is 10.0 Å². The molecule has 0 radical (unpaired) electrons. The molecule has 1 aliphatic rings. The molecular weight excluding hydrogens is 260 g/mol. The molecule has 0 aromatic heterocycles. The van der Waals surface area contributed by atoms with Crippen LogP contribution in [0.3, 0.4) is 0 Å². The zero-order valence-electron chi connectivity index (χ0n) is 11.2. The van der Waals surface area contributed by atoms with Crippen molar-refractivity contribution in [2.24, 2.45) is 0 Å². The van der Waals surface area contributed by atoms with Crippen molar-refractivity contribution in [1.82, 2.24) is 4.90 Å². The number of hydrogen-bond acceptors (Lipinski definition) is 5. The molecule has 0 unspecified atom stereocenters. The molecule has 1 heterocycles. The van der Waals surface area contributed by atoms with E-state index in [1.54, 1.807) is 4.90 Å². The van der Waals surface area contributed by atoms with Gasteiger partial charge < -0.3 is 24.4 Å². The molecule has 108 valence electrons. The molecule has 0 spiro atoms. The first-order valence-corrected chi connectivity index (χ1v) is 6.52. The summed E-state index contributed by atoms with van der Waals surface area (Å²) in [5.41, 5.74) is 1.15. The molecule has 2 rings (SSSR count). The van der Waals surface area contributed by atoms with E-state index >= 15 is 0 Å². The Labute approximate surface area is 117 Å². The van der Waals surface area contributed by atoms with Gasteiger partial charge in [0.2, 0.25) is 5.91 Å². The Balaban J connectivity index is 1.76. The molecule has 1 aliphatic heterocycles. The van der Waals surface area contributed by atoms with Crippen molar-refractivity contribution in [3.63, 3.8) is 0 Å². The molecule has 6 nitrogen and oxygen atoms in total. The zero-order chi connectivity index (χ0) is 14.4. The molecule has 6 heteroatoms. The summed E-state index contributed by atoms with van der Waals surface area (Å²) in [6.07, 6.45) is 0. The maximum absolute atomic E-state index is 11.8. The first-order valence-electron chi connectivity index (χ1n) is 6.52. The van der Waals surface area contributed by atoms with Gasteiger partial charge in [0.25, 0.3) is 0 Å². The van der Waals surface area contributed by atoms with Crippen LogP contribution in [-0.4, -0.2) is 56.2 Å². The fourth-order valence-electron chi connectivity index (χ4n) is 2.17. The van der Waals surface area contributed by atoms with Crippen LogP contribution in [0.1, 0.15) is 0 Å². The number of para-hydroxylation sites is 1. The predicted octanol–water partition coefficient (Wildman–Crippen LogP) is -0.898. The maximum atomic E-state index is 11.8. The minimum absolute atomic E-state index is 0.182. The van der Waals surface area contributed by atoms with Crippen LogP contribution in [-0.2, 0) is 14.3 Å². The van der Waals surface area contributed by atoms with Crippen molar-refractivity contribution in [3.8, 4) is 0 Å². The Morgan fingerprint density at radius 2 is 1.70 bits per heavy atom. The molecule has 1 saturated heterocycles. The topological polar surface area (TPSA) is 72.9 Å². The summed E-state index contributed by atoms with van der Waals surface area (Å²) >= 11 is 0. The number of carboxylic acids is 1. The summed E-state index contributed by atoms with van der Waals surface area (Å²) in [6, 6.07) is 10.0. The molecule has 0 aliphatic carbocycles. The number of piperazine rings is 1. The van der Waals surface area contributed by atoms with Gasteiger partial charge >= 0.3 is 0 Å². The minimum atomic E-state index is -1.31. The lowest BCUT2D eigenvalue weighted by molar-refractivity contribution is -0.309. The molecule has 0 bridgehead atoms. The average molecular weight is 277 g/mol. The number of carbonyl (C=O) groups excluding carboxylic acids is 2. The average Bonchev–Trinajstić information content (AvgIpc) is 2.48. The highest BCUT2D eigenvalue weighted by Crippen LogP contribution is 2.15. The molecule has 1 aromatic carbocycles. The molecule has 1 amide bonds. The van der Waals surface area contributed by atoms with E-state index in [4.69, 9.17) is 4.74 Å². The highest BCUT2D eigenvalue weighted by Gasteiger charge is 2.20. The highest BCUT2D eigenvalue weighted by molar-refractivity contribution is 5.78. The minimum Gasteiger partial charge on any atom is -0.548 e. The van der Waals surface area contributed by atoms with E-state index in [1.165, 1.54) is 0 Å². The first-order chi connectivity index (χ1) is 9.66. The molecule has 1 aromatic rings. The molecule has 20 heavy (non-hydrogen) atoms. The fraction of sp³-hybridized carbons (Fsp3) is 0.429. The lowest BCUT2D eigenvalue weighted by Gasteiger charge is -2.36. The Bertz CT molecular complexity index is 456. The van der Waals surface area contributed by atoms with Crippen molar-refractivity contribution in [1.29, 1.82) is 0 Å². The molecule has 0 saturated carbocycles. The van der Waals surface area contributed by atoms with Gasteiger partial charge in [0.15, 0.2) is 0 Å². The van der Waals surface area contributed by atoms with Gasteiger partial charge in [-0.05, 0) is 12.1 Å². The number of nitrogens with zero attached hydrogens (tertiary/aromatic N) is 2. The van der Waals surface area contributed by atoms with Crippen LogP contribution in [0.2, 0.25) is 0 Å². The second kappa shape index (κ2) is 6.91. The largest absolute Gasteiger partial charge is 0.548 e. The molecule has 1 fully saturated rings. The summed E-state index contributed by atoms with van der Waals surface area (Å²) in [6.45, 7) is 1.99. The maximum Gasteiger partial charge on any atom is 0.248 e. The Morgan fingerprint density at radius 1 is 1.05 bits per heavy atom. The number of hydrogen-bond donors (Lipinski definition) is 0. The second-order valence-corrected chi connectivity index (χ2v) is 4.57. The van der Waals surface area contributed by atoms with Crippen molar-refractivity contribution in [3.05, 3.63) is 30.3 Å². The van der Waals surface area contributed by atoms with Crippen LogP contribution in [0.15, 0.2) is 30.3 Å². The van der Waals surface area contributed by atoms with Crippen LogP contribution in [0.4, 0.5) is 5.69 Å². The summed E-state index contributed by atoms with van der Waals surface area (Å²) in [4.78, 5) is 25.9. The van der Waals surface area contributed by atoms with Crippen LogP contribution in [0.25, 0.3) is 0 Å². The number of anilines is 1. The number of amides is 1. The monoisotopic (exact) mass is 277 g/mol. The van der Waals surface area contributed by atoms with Gasteiger partial charge in [0, 0.05) is 31.9 Å². The Hall–Kier alpha value is -2.08. The highest BCUT2D eigenvalue weighted by atomic mass is 16.5.